The summed E-state index contributed by atoms with van der Waals surface area (Å²) in [5, 5.41) is 0. The van der Waals surface area contributed by atoms with Crippen molar-refractivity contribution in [3.8, 4) is 0 Å². The molecule has 12 heteroatoms. The third-order valence-corrected chi connectivity index (χ3v) is 4.18. The van der Waals surface area contributed by atoms with Crippen LogP contribution in [0.4, 0.5) is 39.5 Å². The SMILES string of the molecule is CC1CCN(C(=O)C(F)(F)[C@@]2(F)OC(F)(F)C(F)(F)C2(F)F)CC1. The molecule has 2 fully saturated rings. The molecular weight excluding hydrogens is 361 g/mol. The smallest absolute Gasteiger partial charge is 0.337 e. The maximum atomic E-state index is 14.0. The van der Waals surface area contributed by atoms with Crippen LogP contribution in [0.1, 0.15) is 19.8 Å². The van der Waals surface area contributed by atoms with Gasteiger partial charge in [0.15, 0.2) is 0 Å². The Balaban J connectivity index is 2.39. The Bertz CT molecular complexity index is 531. The van der Waals surface area contributed by atoms with Gasteiger partial charge in [-0.15, -0.1) is 0 Å². The molecule has 1 atom stereocenters. The first-order valence-electron chi connectivity index (χ1n) is 6.81. The maximum Gasteiger partial charge on any atom is 0.428 e. The molecule has 3 nitrogen and oxygen atoms in total. The van der Waals surface area contributed by atoms with Gasteiger partial charge in [0.2, 0.25) is 0 Å². The molecule has 1 amide bonds. The number of carbonyl (C=O) groups excluding carboxylic acids is 1. The van der Waals surface area contributed by atoms with Gasteiger partial charge < -0.3 is 4.90 Å². The van der Waals surface area contributed by atoms with Crippen LogP contribution < -0.4 is 0 Å². The van der Waals surface area contributed by atoms with Crippen LogP contribution in [0.3, 0.4) is 0 Å². The molecule has 140 valence electrons. The van der Waals surface area contributed by atoms with E-state index in [2.05, 4.69) is 4.74 Å². The normalized spacial score (nSPS) is 32.8. The van der Waals surface area contributed by atoms with Gasteiger partial charge in [-0.3, -0.25) is 9.53 Å². The van der Waals surface area contributed by atoms with Gasteiger partial charge in [-0.05, 0) is 18.8 Å². The minimum Gasteiger partial charge on any atom is -0.337 e. The summed E-state index contributed by atoms with van der Waals surface area (Å²) in [6, 6.07) is 0. The lowest BCUT2D eigenvalue weighted by Gasteiger charge is -2.37. The second-order valence-corrected chi connectivity index (χ2v) is 5.91. The molecule has 0 aliphatic carbocycles. The first-order chi connectivity index (χ1) is 10.6. The molecule has 0 N–H and O–H groups in total. The Morgan fingerprint density at radius 2 is 1.46 bits per heavy atom. The zero-order chi connectivity index (χ0) is 18.8. The molecule has 0 unspecified atom stereocenters. The second-order valence-electron chi connectivity index (χ2n) is 5.91. The summed E-state index contributed by atoms with van der Waals surface area (Å²) in [5.41, 5.74) is 0. The molecule has 2 saturated heterocycles. The molecular formula is C12H12F9NO2. The van der Waals surface area contributed by atoms with Crippen LogP contribution in [-0.4, -0.2) is 53.6 Å². The van der Waals surface area contributed by atoms with E-state index in [0.29, 0.717) is 0 Å². The van der Waals surface area contributed by atoms with Gasteiger partial charge >= 0.3 is 29.7 Å². The van der Waals surface area contributed by atoms with Crippen molar-refractivity contribution in [2.24, 2.45) is 5.92 Å². The van der Waals surface area contributed by atoms with Crippen molar-refractivity contribution >= 4 is 5.91 Å². The largest absolute Gasteiger partial charge is 0.428 e. The number of rotatable bonds is 2. The van der Waals surface area contributed by atoms with E-state index >= 15 is 0 Å². The van der Waals surface area contributed by atoms with E-state index in [1.54, 1.807) is 6.92 Å². The number of ether oxygens (including phenoxy) is 1. The van der Waals surface area contributed by atoms with Crippen LogP contribution in [0.2, 0.25) is 0 Å². The number of hydrogen-bond donors (Lipinski definition) is 0. The van der Waals surface area contributed by atoms with Gasteiger partial charge in [0.25, 0.3) is 5.91 Å². The second kappa shape index (κ2) is 5.15. The van der Waals surface area contributed by atoms with Gasteiger partial charge in [0.05, 0.1) is 0 Å². The van der Waals surface area contributed by atoms with E-state index in [4.69, 9.17) is 0 Å². The predicted molar refractivity (Wildman–Crippen MR) is 59.7 cm³/mol. The number of amides is 1. The summed E-state index contributed by atoms with van der Waals surface area (Å²) in [6.45, 7) is 0.931. The topological polar surface area (TPSA) is 29.5 Å². The molecule has 0 saturated carbocycles. The number of halogens is 9. The van der Waals surface area contributed by atoms with Gasteiger partial charge in [-0.25, -0.2) is 0 Å². The third kappa shape index (κ3) is 2.21. The highest BCUT2D eigenvalue weighted by Crippen LogP contribution is 2.64. The number of carbonyl (C=O) groups is 1. The molecule has 24 heavy (non-hydrogen) atoms. The third-order valence-electron chi connectivity index (χ3n) is 4.18. The maximum absolute atomic E-state index is 14.0. The molecule has 2 aliphatic heterocycles. The fourth-order valence-corrected chi connectivity index (χ4v) is 2.50. The van der Waals surface area contributed by atoms with Gasteiger partial charge in [-0.2, -0.15) is 39.5 Å². The summed E-state index contributed by atoms with van der Waals surface area (Å²) in [6.07, 6.45) is -5.87. The fourth-order valence-electron chi connectivity index (χ4n) is 2.50. The van der Waals surface area contributed by atoms with Crippen LogP contribution >= 0.6 is 0 Å². The van der Waals surface area contributed by atoms with Crippen molar-refractivity contribution in [1.82, 2.24) is 4.90 Å². The first-order valence-corrected chi connectivity index (χ1v) is 6.81. The summed E-state index contributed by atoms with van der Waals surface area (Å²) < 4.78 is 123. The van der Waals surface area contributed by atoms with Gasteiger partial charge in [-0.1, -0.05) is 6.92 Å². The quantitative estimate of drug-likeness (QED) is 0.694. The molecule has 0 radical (unpaired) electrons. The summed E-state index contributed by atoms with van der Waals surface area (Å²) in [5.74, 6) is -27.9. The van der Waals surface area contributed by atoms with Crippen molar-refractivity contribution < 1.29 is 49.0 Å². The van der Waals surface area contributed by atoms with Crippen molar-refractivity contribution in [3.63, 3.8) is 0 Å². The van der Waals surface area contributed by atoms with Crippen molar-refractivity contribution in [2.45, 2.75) is 49.5 Å². The number of nitrogens with zero attached hydrogens (tertiary/aromatic N) is 1. The zero-order valence-corrected chi connectivity index (χ0v) is 12.1. The average Bonchev–Trinajstić information content (AvgIpc) is 2.55. The first kappa shape index (κ1) is 19.1. The molecule has 0 aromatic carbocycles. The van der Waals surface area contributed by atoms with E-state index < -0.39 is 35.6 Å². The van der Waals surface area contributed by atoms with E-state index in [9.17, 15) is 44.3 Å². The van der Waals surface area contributed by atoms with Gasteiger partial charge in [0, 0.05) is 13.1 Å². The number of likely N-dealkylation sites (tertiary alicyclic amines) is 1. The van der Waals surface area contributed by atoms with Crippen LogP contribution in [0, 0.1) is 5.92 Å². The summed E-state index contributed by atoms with van der Waals surface area (Å²) in [7, 11) is 0. The lowest BCUT2D eigenvalue weighted by atomic mass is 9.95. The van der Waals surface area contributed by atoms with E-state index in [0.717, 1.165) is 0 Å². The molecule has 0 bridgehead atoms. The lowest BCUT2D eigenvalue weighted by Crippen LogP contribution is -2.65. The molecule has 2 rings (SSSR count). The van der Waals surface area contributed by atoms with E-state index in [1.165, 1.54) is 0 Å². The Morgan fingerprint density at radius 1 is 1.00 bits per heavy atom. The van der Waals surface area contributed by atoms with E-state index in [-0.39, 0.29) is 36.7 Å². The molecule has 2 aliphatic rings. The minimum atomic E-state index is -6.63. The summed E-state index contributed by atoms with van der Waals surface area (Å²) in [4.78, 5) is 11.9. The minimum absolute atomic E-state index is 0.000141. The molecule has 0 spiro atoms. The Kier molecular flexibility index (Phi) is 4.10. The number of piperidine rings is 1. The highest BCUT2D eigenvalue weighted by Gasteiger charge is 2.96. The van der Waals surface area contributed by atoms with Gasteiger partial charge in [0.1, 0.15) is 0 Å². The fraction of sp³-hybridized carbons (Fsp3) is 0.917. The number of alkyl halides is 9. The highest BCUT2D eigenvalue weighted by atomic mass is 19.4. The van der Waals surface area contributed by atoms with Crippen LogP contribution in [0.5, 0.6) is 0 Å². The highest BCUT2D eigenvalue weighted by molar-refractivity contribution is 5.85. The van der Waals surface area contributed by atoms with E-state index in [1.807, 2.05) is 0 Å². The Morgan fingerprint density at radius 3 is 1.83 bits per heavy atom. The van der Waals surface area contributed by atoms with Crippen molar-refractivity contribution in [3.05, 3.63) is 0 Å². The molecule has 0 aromatic heterocycles. The monoisotopic (exact) mass is 373 g/mol. The van der Waals surface area contributed by atoms with Crippen LogP contribution in [0.15, 0.2) is 0 Å². The van der Waals surface area contributed by atoms with Crippen LogP contribution in [0.25, 0.3) is 0 Å². The lowest BCUT2D eigenvalue weighted by molar-refractivity contribution is -0.368. The predicted octanol–water partition coefficient (Wildman–Crippen LogP) is 3.44. The standard InChI is InChI=1S/C12H12F9NO2/c1-6-2-4-22(5-3-6)7(23)8(13,14)11(19)9(15,16)10(17,18)12(20,21)24-11/h6H,2-5H2,1H3/t11-/m1/s1. The van der Waals surface area contributed by atoms with Crippen LogP contribution in [-0.2, 0) is 9.53 Å². The average molecular weight is 373 g/mol. The zero-order valence-electron chi connectivity index (χ0n) is 12.1. The van der Waals surface area contributed by atoms with Crippen molar-refractivity contribution in [2.75, 3.05) is 13.1 Å². The molecule has 0 aromatic rings. The van der Waals surface area contributed by atoms with Crippen molar-refractivity contribution in [1.29, 1.82) is 0 Å². The molecule has 2 heterocycles. The summed E-state index contributed by atoms with van der Waals surface area (Å²) >= 11 is 0. The number of hydrogen-bond acceptors (Lipinski definition) is 2. The Labute approximate surface area is 129 Å². The Hall–Kier alpha value is -1.20.